The van der Waals surface area contributed by atoms with E-state index in [4.69, 9.17) is 14.7 Å². The first-order valence-electron chi connectivity index (χ1n) is 7.00. The van der Waals surface area contributed by atoms with Gasteiger partial charge in [-0.05, 0) is 36.8 Å². The van der Waals surface area contributed by atoms with Crippen molar-refractivity contribution in [1.29, 1.82) is 0 Å². The lowest BCUT2D eigenvalue weighted by Gasteiger charge is -2.23. The Kier molecular flexibility index (Phi) is 5.52. The number of hydroxylamine groups is 1. The van der Waals surface area contributed by atoms with E-state index in [0.29, 0.717) is 11.5 Å². The van der Waals surface area contributed by atoms with Crippen LogP contribution in [0.1, 0.15) is 42.9 Å². The predicted octanol–water partition coefficient (Wildman–Crippen LogP) is 2.16. The van der Waals surface area contributed by atoms with Gasteiger partial charge in [0.15, 0.2) is 6.04 Å². The minimum Gasteiger partial charge on any atom is -0.465 e. The highest BCUT2D eigenvalue weighted by atomic mass is 16.5. The zero-order chi connectivity index (χ0) is 14.4. The Balaban J connectivity index is 2.07. The Morgan fingerprint density at radius 2 is 2.05 bits per heavy atom. The summed E-state index contributed by atoms with van der Waals surface area (Å²) in [4.78, 5) is 11.7. The highest BCUT2D eigenvalue weighted by Gasteiger charge is 2.22. The molecule has 0 aliphatic carbocycles. The van der Waals surface area contributed by atoms with Gasteiger partial charge in [-0.25, -0.2) is 4.79 Å². The topological polar surface area (TPSA) is 67.8 Å². The van der Waals surface area contributed by atoms with Crippen molar-refractivity contribution >= 4 is 5.97 Å². The molecule has 0 spiro atoms. The van der Waals surface area contributed by atoms with Crippen molar-refractivity contribution < 1.29 is 19.5 Å². The fourth-order valence-electron chi connectivity index (χ4n) is 2.48. The molecular formula is C15H21NO4. The Hall–Kier alpha value is -1.43. The third kappa shape index (κ3) is 3.56. The van der Waals surface area contributed by atoms with Crippen LogP contribution >= 0.6 is 0 Å². The highest BCUT2D eigenvalue weighted by Crippen LogP contribution is 2.27. The lowest BCUT2D eigenvalue weighted by Crippen LogP contribution is -2.27. The van der Waals surface area contributed by atoms with Crippen LogP contribution in [-0.2, 0) is 14.3 Å². The third-order valence-corrected chi connectivity index (χ3v) is 3.61. The van der Waals surface area contributed by atoms with Crippen LogP contribution in [0, 0.1) is 0 Å². The van der Waals surface area contributed by atoms with Crippen molar-refractivity contribution in [3.05, 3.63) is 35.4 Å². The van der Waals surface area contributed by atoms with Gasteiger partial charge in [0.1, 0.15) is 0 Å². The zero-order valence-corrected chi connectivity index (χ0v) is 11.7. The maximum absolute atomic E-state index is 11.7. The Morgan fingerprint density at radius 1 is 1.40 bits per heavy atom. The number of carbonyl (C=O) groups is 1. The zero-order valence-electron chi connectivity index (χ0n) is 11.7. The van der Waals surface area contributed by atoms with Crippen LogP contribution in [0.5, 0.6) is 0 Å². The molecule has 20 heavy (non-hydrogen) atoms. The molecule has 1 heterocycles. The molecule has 1 unspecified atom stereocenters. The van der Waals surface area contributed by atoms with Gasteiger partial charge in [-0.3, -0.25) is 0 Å². The molecule has 0 radical (unpaired) electrons. The van der Waals surface area contributed by atoms with Crippen molar-refractivity contribution in [2.75, 3.05) is 19.8 Å². The minimum atomic E-state index is -0.835. The van der Waals surface area contributed by atoms with Gasteiger partial charge >= 0.3 is 5.97 Å². The molecule has 1 saturated heterocycles. The molecule has 1 atom stereocenters. The molecule has 1 aromatic carbocycles. The van der Waals surface area contributed by atoms with Gasteiger partial charge in [-0.15, -0.1) is 0 Å². The monoisotopic (exact) mass is 279 g/mol. The Morgan fingerprint density at radius 3 is 2.60 bits per heavy atom. The maximum Gasteiger partial charge on any atom is 0.330 e. The molecule has 110 valence electrons. The number of ether oxygens (including phenoxy) is 2. The van der Waals surface area contributed by atoms with Crippen LogP contribution in [0.25, 0.3) is 0 Å². The third-order valence-electron chi connectivity index (χ3n) is 3.61. The number of carbonyl (C=O) groups excluding carboxylic acids is 1. The van der Waals surface area contributed by atoms with Crippen molar-refractivity contribution in [1.82, 2.24) is 5.48 Å². The fraction of sp³-hybridized carbons (Fsp3) is 0.533. The van der Waals surface area contributed by atoms with Crippen molar-refractivity contribution in [2.24, 2.45) is 0 Å². The second-order valence-corrected chi connectivity index (χ2v) is 4.87. The van der Waals surface area contributed by atoms with Gasteiger partial charge in [0.25, 0.3) is 0 Å². The SMILES string of the molecule is CCOC(=O)C(NO)c1ccc(C2CCOCC2)cc1. The van der Waals surface area contributed by atoms with E-state index in [1.807, 2.05) is 29.7 Å². The molecule has 0 aromatic heterocycles. The fourth-order valence-corrected chi connectivity index (χ4v) is 2.48. The van der Waals surface area contributed by atoms with Crippen LogP contribution in [-0.4, -0.2) is 31.0 Å². The summed E-state index contributed by atoms with van der Waals surface area (Å²) in [5, 5.41) is 9.13. The summed E-state index contributed by atoms with van der Waals surface area (Å²) in [5.41, 5.74) is 3.95. The van der Waals surface area contributed by atoms with Crippen molar-refractivity contribution in [3.63, 3.8) is 0 Å². The lowest BCUT2D eigenvalue weighted by atomic mass is 9.90. The van der Waals surface area contributed by atoms with Crippen LogP contribution in [0.3, 0.4) is 0 Å². The summed E-state index contributed by atoms with van der Waals surface area (Å²) in [6.07, 6.45) is 2.05. The molecular weight excluding hydrogens is 258 g/mol. The molecule has 1 aromatic rings. The van der Waals surface area contributed by atoms with Crippen LogP contribution in [0.4, 0.5) is 0 Å². The van der Waals surface area contributed by atoms with Crippen LogP contribution in [0.15, 0.2) is 24.3 Å². The van der Waals surface area contributed by atoms with E-state index < -0.39 is 12.0 Å². The predicted molar refractivity (Wildman–Crippen MR) is 73.5 cm³/mol. The van der Waals surface area contributed by atoms with Gasteiger partial charge in [-0.2, -0.15) is 5.48 Å². The van der Waals surface area contributed by atoms with Gasteiger partial charge in [-0.1, -0.05) is 24.3 Å². The van der Waals surface area contributed by atoms with Gasteiger partial charge in [0.05, 0.1) is 6.61 Å². The van der Waals surface area contributed by atoms with Crippen LogP contribution in [0.2, 0.25) is 0 Å². The highest BCUT2D eigenvalue weighted by molar-refractivity contribution is 5.77. The molecule has 0 saturated carbocycles. The summed E-state index contributed by atoms with van der Waals surface area (Å²) in [6, 6.07) is 6.90. The van der Waals surface area contributed by atoms with E-state index >= 15 is 0 Å². The summed E-state index contributed by atoms with van der Waals surface area (Å²) in [5.74, 6) is 0.0368. The number of hydrogen-bond donors (Lipinski definition) is 2. The average Bonchev–Trinajstić information content (AvgIpc) is 2.50. The number of rotatable bonds is 5. The number of nitrogens with one attached hydrogen (secondary N) is 1. The molecule has 0 bridgehead atoms. The van der Waals surface area contributed by atoms with Gasteiger partial charge in [0.2, 0.25) is 0 Å². The Labute approximate surface area is 118 Å². The standard InChI is InChI=1S/C15H21NO4/c1-2-20-15(17)14(16-18)13-5-3-11(4-6-13)12-7-9-19-10-8-12/h3-6,12,14,16,18H,2,7-10H2,1H3. The second kappa shape index (κ2) is 7.38. The molecule has 5 heteroatoms. The summed E-state index contributed by atoms with van der Waals surface area (Å²) >= 11 is 0. The molecule has 2 N–H and O–H groups in total. The largest absolute Gasteiger partial charge is 0.465 e. The molecule has 1 aliphatic rings. The first-order valence-corrected chi connectivity index (χ1v) is 7.00. The van der Waals surface area contributed by atoms with E-state index in [2.05, 4.69) is 0 Å². The smallest absolute Gasteiger partial charge is 0.330 e. The van der Waals surface area contributed by atoms with Gasteiger partial charge in [0, 0.05) is 13.2 Å². The lowest BCUT2D eigenvalue weighted by molar-refractivity contribution is -0.148. The van der Waals surface area contributed by atoms with E-state index in [9.17, 15) is 4.79 Å². The van der Waals surface area contributed by atoms with E-state index in [1.54, 1.807) is 6.92 Å². The van der Waals surface area contributed by atoms with E-state index in [0.717, 1.165) is 26.1 Å². The second-order valence-electron chi connectivity index (χ2n) is 4.87. The summed E-state index contributed by atoms with van der Waals surface area (Å²) in [7, 11) is 0. The first-order chi connectivity index (χ1) is 9.76. The molecule has 0 amide bonds. The van der Waals surface area contributed by atoms with Crippen LogP contribution < -0.4 is 5.48 Å². The van der Waals surface area contributed by atoms with Crippen molar-refractivity contribution in [3.8, 4) is 0 Å². The van der Waals surface area contributed by atoms with E-state index in [1.165, 1.54) is 5.56 Å². The Bertz CT molecular complexity index is 426. The molecule has 1 fully saturated rings. The average molecular weight is 279 g/mol. The molecule has 1 aliphatic heterocycles. The van der Waals surface area contributed by atoms with E-state index in [-0.39, 0.29) is 6.61 Å². The first kappa shape index (κ1) is 15.0. The minimum absolute atomic E-state index is 0.289. The van der Waals surface area contributed by atoms with Crippen molar-refractivity contribution in [2.45, 2.75) is 31.7 Å². The quantitative estimate of drug-likeness (QED) is 0.638. The normalized spacial score (nSPS) is 17.7. The van der Waals surface area contributed by atoms with Gasteiger partial charge < -0.3 is 14.7 Å². The number of hydrogen-bond acceptors (Lipinski definition) is 5. The summed E-state index contributed by atoms with van der Waals surface area (Å²) in [6.45, 7) is 3.63. The summed E-state index contributed by atoms with van der Waals surface area (Å²) < 4.78 is 10.3. The maximum atomic E-state index is 11.7. The molecule has 2 rings (SSSR count). The number of benzene rings is 1. The number of esters is 1. The molecule has 5 nitrogen and oxygen atoms in total.